The van der Waals surface area contributed by atoms with Gasteiger partial charge in [0.2, 0.25) is 0 Å². The summed E-state index contributed by atoms with van der Waals surface area (Å²) in [7, 11) is 0. The third-order valence-corrected chi connectivity index (χ3v) is 7.97. The van der Waals surface area contributed by atoms with Crippen LogP contribution in [-0.4, -0.2) is 41.6 Å². The van der Waals surface area contributed by atoms with Crippen LogP contribution in [0.15, 0.2) is 48.7 Å². The van der Waals surface area contributed by atoms with Crippen molar-refractivity contribution in [3.05, 3.63) is 59.8 Å². The first-order chi connectivity index (χ1) is 15.7. The number of nitriles is 2. The molecule has 2 saturated heterocycles. The van der Waals surface area contributed by atoms with Gasteiger partial charge in [0.1, 0.15) is 11.9 Å². The van der Waals surface area contributed by atoms with Gasteiger partial charge in [-0.05, 0) is 74.2 Å². The molecule has 5 nitrogen and oxygen atoms in total. The normalized spacial score (nSPS) is 24.9. The van der Waals surface area contributed by atoms with E-state index in [2.05, 4.69) is 57.3 Å². The maximum atomic E-state index is 9.51. The third-order valence-electron chi connectivity index (χ3n) is 7.97. The fourth-order valence-corrected chi connectivity index (χ4v) is 5.94. The molecule has 2 aromatic rings. The van der Waals surface area contributed by atoms with Gasteiger partial charge in [-0.15, -0.1) is 0 Å². The molecule has 164 valence electrons. The number of nitrogens with zero attached hydrogens (tertiary/aromatic N) is 5. The molecule has 5 rings (SSSR count). The molecule has 0 N–H and O–H groups in total. The summed E-state index contributed by atoms with van der Waals surface area (Å²) in [5.41, 5.74) is 2.05. The summed E-state index contributed by atoms with van der Waals surface area (Å²) < 4.78 is 0. The van der Waals surface area contributed by atoms with E-state index in [0.717, 1.165) is 49.8 Å². The van der Waals surface area contributed by atoms with Crippen LogP contribution in [0.5, 0.6) is 0 Å². The summed E-state index contributed by atoms with van der Waals surface area (Å²) in [6.07, 6.45) is 8.84. The molecule has 3 aliphatic rings. The quantitative estimate of drug-likeness (QED) is 0.642. The number of benzene rings is 1. The highest BCUT2D eigenvalue weighted by atomic mass is 15.4. The van der Waals surface area contributed by atoms with Crippen LogP contribution in [0, 0.1) is 34.5 Å². The van der Waals surface area contributed by atoms with E-state index in [1.165, 1.54) is 37.7 Å². The molecular formula is C27H31N5. The summed E-state index contributed by atoms with van der Waals surface area (Å²) in [6, 6.07) is 19.3. The Morgan fingerprint density at radius 3 is 2.50 bits per heavy atom. The minimum atomic E-state index is -0.0845. The Balaban J connectivity index is 1.12. The monoisotopic (exact) mass is 425 g/mol. The molecule has 3 fully saturated rings. The molecule has 2 aliphatic heterocycles. The number of hydrogen-bond donors (Lipinski definition) is 0. The molecule has 1 saturated carbocycles. The average Bonchev–Trinajstić information content (AvgIpc) is 3.61. The van der Waals surface area contributed by atoms with Crippen molar-refractivity contribution < 1.29 is 0 Å². The second kappa shape index (κ2) is 8.93. The molecule has 0 spiro atoms. The van der Waals surface area contributed by atoms with Crippen LogP contribution in [0.2, 0.25) is 0 Å². The van der Waals surface area contributed by atoms with E-state index in [9.17, 15) is 10.5 Å². The highest BCUT2D eigenvalue weighted by molar-refractivity contribution is 5.56. The van der Waals surface area contributed by atoms with Crippen LogP contribution in [0.1, 0.15) is 55.6 Å². The van der Waals surface area contributed by atoms with Crippen LogP contribution in [0.4, 0.5) is 5.82 Å². The second-order valence-electron chi connectivity index (χ2n) is 9.92. The van der Waals surface area contributed by atoms with Crippen molar-refractivity contribution in [3.63, 3.8) is 0 Å². The van der Waals surface area contributed by atoms with E-state index in [-0.39, 0.29) is 5.54 Å². The number of rotatable bonds is 7. The van der Waals surface area contributed by atoms with Crippen molar-refractivity contribution in [2.75, 3.05) is 31.1 Å². The van der Waals surface area contributed by atoms with Gasteiger partial charge in [-0.2, -0.15) is 10.5 Å². The second-order valence-corrected chi connectivity index (χ2v) is 9.92. The molecule has 0 amide bonds. The molecule has 1 aromatic carbocycles. The van der Waals surface area contributed by atoms with E-state index in [1.807, 2.05) is 6.07 Å². The van der Waals surface area contributed by atoms with Gasteiger partial charge < -0.3 is 4.90 Å². The summed E-state index contributed by atoms with van der Waals surface area (Å²) in [4.78, 5) is 9.15. The third kappa shape index (κ3) is 4.10. The summed E-state index contributed by atoms with van der Waals surface area (Å²) in [5.74, 6) is 3.25. The molecule has 1 aliphatic carbocycles. The van der Waals surface area contributed by atoms with Crippen molar-refractivity contribution >= 4 is 5.82 Å². The molecular weight excluding hydrogens is 394 g/mol. The lowest BCUT2D eigenvalue weighted by atomic mass is 9.81. The first-order valence-electron chi connectivity index (χ1n) is 12.0. The maximum Gasteiger partial charge on any atom is 0.146 e. The zero-order valence-corrected chi connectivity index (χ0v) is 18.7. The van der Waals surface area contributed by atoms with Crippen molar-refractivity contribution in [1.29, 1.82) is 10.5 Å². The van der Waals surface area contributed by atoms with Gasteiger partial charge in [0.05, 0.1) is 23.6 Å². The van der Waals surface area contributed by atoms with Gasteiger partial charge >= 0.3 is 0 Å². The Hall–Kier alpha value is -2.89. The van der Waals surface area contributed by atoms with Crippen LogP contribution in [0.25, 0.3) is 0 Å². The fraction of sp³-hybridized carbons (Fsp3) is 0.519. The lowest BCUT2D eigenvalue weighted by Gasteiger charge is -2.57. The van der Waals surface area contributed by atoms with Gasteiger partial charge in [0.15, 0.2) is 0 Å². The smallest absolute Gasteiger partial charge is 0.146 e. The van der Waals surface area contributed by atoms with Gasteiger partial charge in [0, 0.05) is 19.3 Å². The number of hydrogen-bond acceptors (Lipinski definition) is 5. The summed E-state index contributed by atoms with van der Waals surface area (Å²) in [6.45, 7) is 3.75. The highest BCUT2D eigenvalue weighted by Crippen LogP contribution is 2.51. The molecule has 1 aromatic heterocycles. The molecule has 3 heterocycles. The molecule has 32 heavy (non-hydrogen) atoms. The first kappa shape index (κ1) is 21.0. The van der Waals surface area contributed by atoms with Crippen molar-refractivity contribution in [3.8, 4) is 12.1 Å². The summed E-state index contributed by atoms with van der Waals surface area (Å²) >= 11 is 0. The van der Waals surface area contributed by atoms with Crippen molar-refractivity contribution in [2.24, 2.45) is 11.8 Å². The number of piperidine rings is 1. The largest absolute Gasteiger partial charge is 0.352 e. The van der Waals surface area contributed by atoms with Crippen LogP contribution in [-0.2, 0) is 0 Å². The SMILES string of the molecule is N#CCC1(N2CCC(CCC3CC3c3ccccc3)CC2)CN(c2ncccc2C#N)C1. The lowest BCUT2D eigenvalue weighted by molar-refractivity contribution is 0.0279. The Morgan fingerprint density at radius 1 is 1.00 bits per heavy atom. The first-order valence-corrected chi connectivity index (χ1v) is 12.0. The van der Waals surface area contributed by atoms with Gasteiger partial charge in [0.25, 0.3) is 0 Å². The number of pyridine rings is 1. The lowest BCUT2D eigenvalue weighted by Crippen LogP contribution is -2.71. The molecule has 0 bridgehead atoms. The van der Waals surface area contributed by atoms with Crippen LogP contribution >= 0.6 is 0 Å². The topological polar surface area (TPSA) is 67.0 Å². The average molecular weight is 426 g/mol. The Kier molecular flexibility index (Phi) is 5.85. The predicted molar refractivity (Wildman–Crippen MR) is 125 cm³/mol. The minimum absolute atomic E-state index is 0.0845. The van der Waals surface area contributed by atoms with E-state index in [4.69, 9.17) is 0 Å². The maximum absolute atomic E-state index is 9.51. The van der Waals surface area contributed by atoms with E-state index in [1.54, 1.807) is 12.3 Å². The standard InChI is InChI=1S/C27H31N5/c28-13-12-27(19-31(20-27)26-24(18-29)7-4-14-30-26)32-15-10-21(11-16-32)8-9-23-17-25(23)22-5-2-1-3-6-22/h1-7,14,21,23,25H,8-12,15-17,19-20H2. The fourth-order valence-electron chi connectivity index (χ4n) is 5.94. The van der Waals surface area contributed by atoms with E-state index < -0.39 is 0 Å². The van der Waals surface area contributed by atoms with Gasteiger partial charge in [-0.3, -0.25) is 4.90 Å². The number of likely N-dealkylation sites (tertiary alicyclic amines) is 1. The Morgan fingerprint density at radius 2 is 1.78 bits per heavy atom. The van der Waals surface area contributed by atoms with Gasteiger partial charge in [-0.1, -0.05) is 36.8 Å². The Bertz CT molecular complexity index is 1010. The van der Waals surface area contributed by atoms with E-state index in [0.29, 0.717) is 12.0 Å². The van der Waals surface area contributed by atoms with Crippen molar-refractivity contribution in [2.45, 2.75) is 50.0 Å². The number of aromatic nitrogens is 1. The highest BCUT2D eigenvalue weighted by Gasteiger charge is 2.49. The zero-order valence-electron chi connectivity index (χ0n) is 18.7. The van der Waals surface area contributed by atoms with Crippen molar-refractivity contribution in [1.82, 2.24) is 9.88 Å². The molecule has 0 radical (unpaired) electrons. The van der Waals surface area contributed by atoms with E-state index >= 15 is 0 Å². The number of anilines is 1. The molecule has 2 unspecified atom stereocenters. The Labute approximate surface area is 191 Å². The molecule has 2 atom stereocenters. The summed E-state index contributed by atoms with van der Waals surface area (Å²) in [5, 5.41) is 18.9. The predicted octanol–water partition coefficient (Wildman–Crippen LogP) is 4.72. The van der Waals surface area contributed by atoms with Crippen LogP contribution in [0.3, 0.4) is 0 Å². The minimum Gasteiger partial charge on any atom is -0.352 e. The van der Waals surface area contributed by atoms with Gasteiger partial charge in [-0.25, -0.2) is 4.98 Å². The molecule has 5 heteroatoms. The van der Waals surface area contributed by atoms with Crippen LogP contribution < -0.4 is 4.90 Å². The zero-order chi connectivity index (χ0) is 22.0.